The minimum absolute atomic E-state index is 0.127. The van der Waals surface area contributed by atoms with Crippen LogP contribution in [0.1, 0.15) is 27.5 Å². The Balaban J connectivity index is 1.38. The number of hydrogen-bond donors (Lipinski definition) is 2. The average molecular weight is 373 g/mol. The van der Waals surface area contributed by atoms with Crippen LogP contribution < -0.4 is 15.5 Å². The van der Waals surface area contributed by atoms with Crippen LogP contribution in [0.2, 0.25) is 0 Å². The standard InChI is InChI=1S/C22H23N5O/c28-22(26-14-17-8-10-23-11-9-17)19-6-7-21(25-15-19)27-13-12-24-20(16-27)18-4-2-1-3-5-18/h1-11,15,20,24H,12-14,16H2,(H,26,28). The minimum Gasteiger partial charge on any atom is -0.353 e. The van der Waals surface area contributed by atoms with Gasteiger partial charge in [0.1, 0.15) is 5.82 Å². The fraction of sp³-hybridized carbons (Fsp3) is 0.227. The molecule has 6 nitrogen and oxygen atoms in total. The van der Waals surface area contributed by atoms with Gasteiger partial charge >= 0.3 is 0 Å². The van der Waals surface area contributed by atoms with E-state index in [1.807, 2.05) is 30.3 Å². The second-order valence-corrected chi connectivity index (χ2v) is 6.81. The predicted molar refractivity (Wildman–Crippen MR) is 109 cm³/mol. The molecule has 3 heterocycles. The van der Waals surface area contributed by atoms with Crippen molar-refractivity contribution in [2.24, 2.45) is 0 Å². The molecule has 1 aliphatic rings. The van der Waals surface area contributed by atoms with E-state index in [2.05, 4.69) is 49.8 Å². The van der Waals surface area contributed by atoms with E-state index in [4.69, 9.17) is 0 Å². The van der Waals surface area contributed by atoms with Crippen LogP contribution in [0.5, 0.6) is 0 Å². The molecule has 1 saturated heterocycles. The fourth-order valence-corrected chi connectivity index (χ4v) is 3.36. The summed E-state index contributed by atoms with van der Waals surface area (Å²) >= 11 is 0. The zero-order chi connectivity index (χ0) is 19.2. The van der Waals surface area contributed by atoms with Gasteiger partial charge in [0.05, 0.1) is 5.56 Å². The van der Waals surface area contributed by atoms with E-state index in [1.165, 1.54) is 5.56 Å². The molecule has 0 radical (unpaired) electrons. The van der Waals surface area contributed by atoms with Crippen LogP contribution in [-0.4, -0.2) is 35.5 Å². The van der Waals surface area contributed by atoms with Crippen molar-refractivity contribution in [3.8, 4) is 0 Å². The number of amides is 1. The van der Waals surface area contributed by atoms with Crippen molar-refractivity contribution in [2.45, 2.75) is 12.6 Å². The van der Waals surface area contributed by atoms with Crippen LogP contribution in [0.15, 0.2) is 73.2 Å². The Labute approximate surface area is 164 Å². The first-order valence-corrected chi connectivity index (χ1v) is 9.46. The first kappa shape index (κ1) is 18.1. The molecule has 4 rings (SSSR count). The van der Waals surface area contributed by atoms with Crippen molar-refractivity contribution in [1.82, 2.24) is 20.6 Å². The lowest BCUT2D eigenvalue weighted by molar-refractivity contribution is 0.0950. The summed E-state index contributed by atoms with van der Waals surface area (Å²) in [6.45, 7) is 3.11. The Morgan fingerprint density at radius 2 is 1.93 bits per heavy atom. The number of benzene rings is 1. The summed E-state index contributed by atoms with van der Waals surface area (Å²) in [6, 6.07) is 18.3. The van der Waals surface area contributed by atoms with Gasteiger partial charge < -0.3 is 15.5 Å². The SMILES string of the molecule is O=C(NCc1ccncc1)c1ccc(N2CCNC(c3ccccc3)C2)nc1. The largest absolute Gasteiger partial charge is 0.353 e. The van der Waals surface area contributed by atoms with Crippen molar-refractivity contribution < 1.29 is 4.79 Å². The molecule has 1 unspecified atom stereocenters. The molecular weight excluding hydrogens is 350 g/mol. The molecule has 0 saturated carbocycles. The molecule has 1 amide bonds. The highest BCUT2D eigenvalue weighted by Gasteiger charge is 2.21. The molecule has 142 valence electrons. The molecule has 0 spiro atoms. The summed E-state index contributed by atoms with van der Waals surface area (Å²) in [6.07, 6.45) is 5.08. The first-order chi connectivity index (χ1) is 13.8. The topological polar surface area (TPSA) is 70.2 Å². The van der Waals surface area contributed by atoms with E-state index in [9.17, 15) is 4.79 Å². The maximum absolute atomic E-state index is 12.4. The summed E-state index contributed by atoms with van der Waals surface area (Å²) in [5, 5.41) is 6.47. The first-order valence-electron chi connectivity index (χ1n) is 9.46. The summed E-state index contributed by atoms with van der Waals surface area (Å²) in [4.78, 5) is 23.1. The summed E-state index contributed by atoms with van der Waals surface area (Å²) in [5.74, 6) is 0.770. The molecule has 3 aromatic rings. The second-order valence-electron chi connectivity index (χ2n) is 6.81. The molecule has 28 heavy (non-hydrogen) atoms. The molecule has 1 aromatic carbocycles. The average Bonchev–Trinajstić information content (AvgIpc) is 2.79. The maximum atomic E-state index is 12.4. The molecule has 6 heteroatoms. The fourth-order valence-electron chi connectivity index (χ4n) is 3.36. The Kier molecular flexibility index (Phi) is 5.58. The van der Waals surface area contributed by atoms with Crippen LogP contribution in [0.25, 0.3) is 0 Å². The van der Waals surface area contributed by atoms with Crippen molar-refractivity contribution in [2.75, 3.05) is 24.5 Å². The van der Waals surface area contributed by atoms with Crippen LogP contribution in [0.3, 0.4) is 0 Å². The number of hydrogen-bond acceptors (Lipinski definition) is 5. The van der Waals surface area contributed by atoms with Crippen LogP contribution in [0, 0.1) is 0 Å². The second kappa shape index (κ2) is 8.63. The van der Waals surface area contributed by atoms with Gasteiger partial charge in [-0.05, 0) is 35.4 Å². The number of nitrogens with zero attached hydrogens (tertiary/aromatic N) is 3. The lowest BCUT2D eigenvalue weighted by atomic mass is 10.0. The highest BCUT2D eigenvalue weighted by atomic mass is 16.1. The molecule has 1 atom stereocenters. The molecular formula is C22H23N5O. The lowest BCUT2D eigenvalue weighted by Gasteiger charge is -2.34. The molecule has 0 aliphatic carbocycles. The van der Waals surface area contributed by atoms with Gasteiger partial charge in [-0.3, -0.25) is 9.78 Å². The quantitative estimate of drug-likeness (QED) is 0.719. The Bertz CT molecular complexity index is 899. The monoisotopic (exact) mass is 373 g/mol. The lowest BCUT2D eigenvalue weighted by Crippen LogP contribution is -2.46. The van der Waals surface area contributed by atoms with E-state index in [-0.39, 0.29) is 11.9 Å². The third kappa shape index (κ3) is 4.35. The normalized spacial score (nSPS) is 16.6. The van der Waals surface area contributed by atoms with Crippen LogP contribution in [-0.2, 0) is 6.54 Å². The number of rotatable bonds is 5. The van der Waals surface area contributed by atoms with Gasteiger partial charge in [0, 0.05) is 50.8 Å². The Hall–Kier alpha value is -3.25. The Morgan fingerprint density at radius 3 is 2.68 bits per heavy atom. The van der Waals surface area contributed by atoms with E-state index < -0.39 is 0 Å². The van der Waals surface area contributed by atoms with Crippen molar-refractivity contribution in [1.29, 1.82) is 0 Å². The van der Waals surface area contributed by atoms with Crippen molar-refractivity contribution in [3.05, 3.63) is 89.9 Å². The zero-order valence-corrected chi connectivity index (χ0v) is 15.6. The third-order valence-corrected chi connectivity index (χ3v) is 4.91. The Morgan fingerprint density at radius 1 is 1.11 bits per heavy atom. The van der Waals surface area contributed by atoms with Gasteiger partial charge in [-0.25, -0.2) is 4.98 Å². The third-order valence-electron chi connectivity index (χ3n) is 4.91. The predicted octanol–water partition coefficient (Wildman–Crippen LogP) is 2.56. The highest BCUT2D eigenvalue weighted by Crippen LogP contribution is 2.21. The molecule has 2 aromatic heterocycles. The van der Waals surface area contributed by atoms with Gasteiger partial charge in [0.25, 0.3) is 5.91 Å². The van der Waals surface area contributed by atoms with Gasteiger partial charge in [0.15, 0.2) is 0 Å². The number of anilines is 1. The molecule has 0 bridgehead atoms. The number of aromatic nitrogens is 2. The summed E-state index contributed by atoms with van der Waals surface area (Å²) < 4.78 is 0. The van der Waals surface area contributed by atoms with E-state index in [0.29, 0.717) is 12.1 Å². The van der Waals surface area contributed by atoms with Gasteiger partial charge in [0.2, 0.25) is 0 Å². The number of carbonyl (C=O) groups is 1. The van der Waals surface area contributed by atoms with E-state index in [1.54, 1.807) is 18.6 Å². The molecule has 1 fully saturated rings. The van der Waals surface area contributed by atoms with Gasteiger partial charge in [-0.2, -0.15) is 0 Å². The van der Waals surface area contributed by atoms with Crippen LogP contribution in [0.4, 0.5) is 5.82 Å². The van der Waals surface area contributed by atoms with Gasteiger partial charge in [-0.1, -0.05) is 30.3 Å². The van der Waals surface area contributed by atoms with Crippen molar-refractivity contribution in [3.63, 3.8) is 0 Å². The molecule has 1 aliphatic heterocycles. The van der Waals surface area contributed by atoms with Crippen LogP contribution >= 0.6 is 0 Å². The van der Waals surface area contributed by atoms with Crippen molar-refractivity contribution >= 4 is 11.7 Å². The van der Waals surface area contributed by atoms with Gasteiger partial charge in [-0.15, -0.1) is 0 Å². The number of piperazine rings is 1. The summed E-state index contributed by atoms with van der Waals surface area (Å²) in [7, 11) is 0. The van der Waals surface area contributed by atoms with E-state index >= 15 is 0 Å². The zero-order valence-electron chi connectivity index (χ0n) is 15.6. The number of pyridine rings is 2. The maximum Gasteiger partial charge on any atom is 0.253 e. The van der Waals surface area contributed by atoms with E-state index in [0.717, 1.165) is 31.0 Å². The minimum atomic E-state index is -0.127. The smallest absolute Gasteiger partial charge is 0.253 e. The summed E-state index contributed by atoms with van der Waals surface area (Å²) in [5.41, 5.74) is 2.85. The number of nitrogens with one attached hydrogen (secondary N) is 2. The number of carbonyl (C=O) groups excluding carboxylic acids is 1. The highest BCUT2D eigenvalue weighted by molar-refractivity contribution is 5.94. The molecule has 2 N–H and O–H groups in total.